The van der Waals surface area contributed by atoms with E-state index < -0.39 is 29.7 Å². The number of nitrogens with zero attached hydrogens (tertiary/aromatic N) is 5. The first-order valence-electron chi connectivity index (χ1n) is 18.2. The summed E-state index contributed by atoms with van der Waals surface area (Å²) < 4.78 is 13.0. The van der Waals surface area contributed by atoms with Crippen molar-refractivity contribution in [3.05, 3.63) is 89.3 Å². The molecule has 5 aromatic rings. The standard InChI is InChI=1S/C40H39N7O8/c1-23-35(24(2)55-45-23)25-10-12-26(13-11-25)37-29(46-20-19-41-21-32(46)43-37)14-16-33(49)42-18-5-3-4-7-27(48)22-54-31-9-6-8-28-36(31)40(53)47(39(28)52)30-15-17-34(50)44-38(30)51/h6,8-13,19-21,30H,3-5,7,14-18,22H2,1-2H3,(H,42,49)(H,44,50,51). The fraction of sp³-hybridized carbons (Fsp3) is 0.325. The molecule has 5 amide bonds. The number of benzene rings is 2. The molecule has 0 radical (unpaired) electrons. The van der Waals surface area contributed by atoms with E-state index in [0.717, 1.165) is 44.4 Å². The Balaban J connectivity index is 0.855. The number of aromatic nitrogens is 4. The van der Waals surface area contributed by atoms with Gasteiger partial charge in [-0.1, -0.05) is 41.9 Å². The number of ether oxygens (including phenoxy) is 1. The molecule has 0 spiro atoms. The molecule has 55 heavy (non-hydrogen) atoms. The van der Waals surface area contributed by atoms with Crippen LogP contribution >= 0.6 is 0 Å². The monoisotopic (exact) mass is 745 g/mol. The highest BCUT2D eigenvalue weighted by Gasteiger charge is 2.46. The number of piperidine rings is 1. The molecule has 0 bridgehead atoms. The second-order valence-corrected chi connectivity index (χ2v) is 13.6. The first-order valence-corrected chi connectivity index (χ1v) is 18.2. The third-order valence-electron chi connectivity index (χ3n) is 9.87. The van der Waals surface area contributed by atoms with E-state index in [0.29, 0.717) is 37.9 Å². The van der Waals surface area contributed by atoms with Crippen molar-refractivity contribution in [2.45, 2.75) is 71.3 Å². The molecular weight excluding hydrogens is 706 g/mol. The summed E-state index contributed by atoms with van der Waals surface area (Å²) in [5.74, 6) is -1.94. The number of imide groups is 2. The normalized spacial score (nSPS) is 15.4. The topological polar surface area (TPSA) is 195 Å². The molecule has 1 atom stereocenters. The van der Waals surface area contributed by atoms with Crippen molar-refractivity contribution in [3.8, 4) is 28.1 Å². The van der Waals surface area contributed by atoms with E-state index in [1.807, 2.05) is 48.7 Å². The Kier molecular flexibility index (Phi) is 10.6. The van der Waals surface area contributed by atoms with Crippen LogP contribution in [0.15, 0.2) is 65.6 Å². The molecule has 2 N–H and O–H groups in total. The highest BCUT2D eigenvalue weighted by atomic mass is 16.5. The number of imidazole rings is 1. The molecule has 282 valence electrons. The summed E-state index contributed by atoms with van der Waals surface area (Å²) in [4.78, 5) is 85.6. The maximum Gasteiger partial charge on any atom is 0.266 e. The summed E-state index contributed by atoms with van der Waals surface area (Å²) >= 11 is 0. The van der Waals surface area contributed by atoms with Crippen molar-refractivity contribution in [3.63, 3.8) is 0 Å². The van der Waals surface area contributed by atoms with E-state index in [-0.39, 0.29) is 60.9 Å². The number of fused-ring (bicyclic) bond motifs is 2. The summed E-state index contributed by atoms with van der Waals surface area (Å²) in [6, 6.07) is 11.5. The Morgan fingerprint density at radius 2 is 1.76 bits per heavy atom. The second-order valence-electron chi connectivity index (χ2n) is 13.6. The minimum Gasteiger partial charge on any atom is -0.485 e. The van der Waals surface area contributed by atoms with Crippen LogP contribution in [0, 0.1) is 13.8 Å². The zero-order valence-electron chi connectivity index (χ0n) is 30.4. The molecule has 0 saturated carbocycles. The predicted molar refractivity (Wildman–Crippen MR) is 197 cm³/mol. The molecule has 3 aromatic heterocycles. The van der Waals surface area contributed by atoms with Gasteiger partial charge in [-0.05, 0) is 57.2 Å². The molecule has 2 aliphatic heterocycles. The number of unbranched alkanes of at least 4 members (excludes halogenated alkanes) is 2. The fourth-order valence-electron chi connectivity index (χ4n) is 7.12. The Hall–Kier alpha value is -6.51. The first-order chi connectivity index (χ1) is 26.6. The Bertz CT molecular complexity index is 2310. The summed E-state index contributed by atoms with van der Waals surface area (Å²) in [6.07, 6.45) is 8.21. The van der Waals surface area contributed by atoms with Gasteiger partial charge in [0.2, 0.25) is 17.7 Å². The molecule has 15 heteroatoms. The van der Waals surface area contributed by atoms with E-state index in [1.165, 1.54) is 12.1 Å². The lowest BCUT2D eigenvalue weighted by atomic mass is 10.0. The summed E-state index contributed by atoms with van der Waals surface area (Å²) in [6.45, 7) is 3.97. The molecule has 1 saturated heterocycles. The molecule has 2 aromatic carbocycles. The smallest absolute Gasteiger partial charge is 0.266 e. The number of rotatable bonds is 15. The number of hydrogen-bond acceptors (Lipinski definition) is 11. The van der Waals surface area contributed by atoms with Crippen LogP contribution in [0.4, 0.5) is 0 Å². The third kappa shape index (κ3) is 7.63. The van der Waals surface area contributed by atoms with Crippen LogP contribution in [0.3, 0.4) is 0 Å². The second kappa shape index (κ2) is 15.8. The Morgan fingerprint density at radius 3 is 2.53 bits per heavy atom. The number of carbonyl (C=O) groups excluding carboxylic acids is 6. The van der Waals surface area contributed by atoms with Crippen LogP contribution in [0.2, 0.25) is 0 Å². The highest BCUT2D eigenvalue weighted by molar-refractivity contribution is 6.24. The quantitative estimate of drug-likeness (QED) is 0.114. The molecule has 5 heterocycles. The van der Waals surface area contributed by atoms with Crippen molar-refractivity contribution in [1.29, 1.82) is 0 Å². The first kappa shape index (κ1) is 36.8. The Labute approximate surface area is 315 Å². The lowest BCUT2D eigenvalue weighted by Crippen LogP contribution is -2.54. The van der Waals surface area contributed by atoms with E-state index in [9.17, 15) is 28.8 Å². The molecule has 0 aliphatic carbocycles. The van der Waals surface area contributed by atoms with Gasteiger partial charge < -0.3 is 19.0 Å². The van der Waals surface area contributed by atoms with Crippen molar-refractivity contribution < 1.29 is 38.0 Å². The van der Waals surface area contributed by atoms with E-state index in [4.69, 9.17) is 14.2 Å². The zero-order valence-corrected chi connectivity index (χ0v) is 30.4. The number of hydrogen-bond donors (Lipinski definition) is 2. The van der Waals surface area contributed by atoms with E-state index in [1.54, 1.807) is 18.5 Å². The zero-order chi connectivity index (χ0) is 38.6. The van der Waals surface area contributed by atoms with Crippen molar-refractivity contribution in [2.24, 2.45) is 0 Å². The minimum absolute atomic E-state index is 0.00136. The lowest BCUT2D eigenvalue weighted by Gasteiger charge is -2.27. The van der Waals surface area contributed by atoms with E-state index in [2.05, 4.69) is 20.8 Å². The molecule has 1 fully saturated rings. The maximum atomic E-state index is 13.2. The number of carbonyl (C=O) groups is 6. The summed E-state index contributed by atoms with van der Waals surface area (Å²) in [7, 11) is 0. The van der Waals surface area contributed by atoms with Crippen molar-refractivity contribution >= 4 is 41.0 Å². The SMILES string of the molecule is Cc1noc(C)c1-c1ccc(-c2nc3cnccn3c2CCC(=O)NCCCCCC(=O)COc2cccc3c2C(=O)N(C2CCC(=O)NC2=O)C3=O)cc1. The largest absolute Gasteiger partial charge is 0.485 e. The fourth-order valence-corrected chi connectivity index (χ4v) is 7.12. The maximum absolute atomic E-state index is 13.2. The van der Waals surface area contributed by atoms with Crippen LogP contribution in [-0.2, 0) is 25.6 Å². The summed E-state index contributed by atoms with van der Waals surface area (Å²) in [5.41, 5.74) is 6.16. The van der Waals surface area contributed by atoms with Gasteiger partial charge >= 0.3 is 0 Å². The van der Waals surface area contributed by atoms with Crippen LogP contribution in [0.1, 0.15) is 82.8 Å². The van der Waals surface area contributed by atoms with Crippen LogP contribution in [0.5, 0.6) is 5.75 Å². The Morgan fingerprint density at radius 1 is 0.964 bits per heavy atom. The lowest BCUT2D eigenvalue weighted by molar-refractivity contribution is -0.136. The van der Waals surface area contributed by atoms with Crippen LogP contribution < -0.4 is 15.4 Å². The third-order valence-corrected chi connectivity index (χ3v) is 9.87. The number of ketones is 1. The van der Waals surface area contributed by atoms with Gasteiger partial charge in [0.25, 0.3) is 11.8 Å². The van der Waals surface area contributed by atoms with Gasteiger partial charge in [0, 0.05) is 49.3 Å². The van der Waals surface area contributed by atoms with Crippen molar-refractivity contribution in [1.82, 2.24) is 35.1 Å². The van der Waals surface area contributed by atoms with Gasteiger partial charge in [-0.2, -0.15) is 0 Å². The molecular formula is C40H39N7O8. The molecule has 1 unspecified atom stereocenters. The molecule has 2 aliphatic rings. The minimum atomic E-state index is -1.09. The number of Topliss-reactive ketones (excluding diaryl/α,β-unsaturated/α-hetero) is 1. The van der Waals surface area contributed by atoms with Gasteiger partial charge in [-0.25, -0.2) is 4.98 Å². The predicted octanol–water partition coefficient (Wildman–Crippen LogP) is 4.33. The van der Waals surface area contributed by atoms with Gasteiger partial charge in [-0.15, -0.1) is 0 Å². The van der Waals surface area contributed by atoms with Gasteiger partial charge in [-0.3, -0.25) is 44.0 Å². The average molecular weight is 746 g/mol. The summed E-state index contributed by atoms with van der Waals surface area (Å²) in [5, 5.41) is 9.20. The van der Waals surface area contributed by atoms with E-state index >= 15 is 0 Å². The van der Waals surface area contributed by atoms with Gasteiger partial charge in [0.05, 0.1) is 34.4 Å². The number of amides is 5. The molecule has 15 nitrogen and oxygen atoms in total. The van der Waals surface area contributed by atoms with Crippen LogP contribution in [-0.4, -0.2) is 78.9 Å². The van der Waals surface area contributed by atoms with Crippen LogP contribution in [0.25, 0.3) is 28.0 Å². The molecule has 7 rings (SSSR count). The number of aryl methyl sites for hydroxylation is 3. The number of nitrogens with one attached hydrogen (secondary N) is 2. The van der Waals surface area contributed by atoms with Gasteiger partial charge in [0.15, 0.2) is 11.4 Å². The average Bonchev–Trinajstić information content (AvgIpc) is 3.81. The highest BCUT2D eigenvalue weighted by Crippen LogP contribution is 2.34. The van der Waals surface area contributed by atoms with Crippen molar-refractivity contribution in [2.75, 3.05) is 13.2 Å². The van der Waals surface area contributed by atoms with Gasteiger partial charge in [0.1, 0.15) is 24.2 Å².